The molecule has 0 aliphatic carbocycles. The SMILES string of the molecule is COc1ccc(OCc2ccccc2C)c(CC(C)N)c1. The topological polar surface area (TPSA) is 44.5 Å². The predicted molar refractivity (Wildman–Crippen MR) is 85.9 cm³/mol. The van der Waals surface area contributed by atoms with Crippen molar-refractivity contribution in [3.63, 3.8) is 0 Å². The van der Waals surface area contributed by atoms with Gasteiger partial charge in [0.15, 0.2) is 0 Å². The minimum atomic E-state index is 0.0814. The van der Waals surface area contributed by atoms with E-state index in [1.54, 1.807) is 7.11 Å². The molecule has 0 heterocycles. The van der Waals surface area contributed by atoms with Crippen LogP contribution in [0.15, 0.2) is 42.5 Å². The maximum Gasteiger partial charge on any atom is 0.123 e. The van der Waals surface area contributed by atoms with E-state index in [0.29, 0.717) is 6.61 Å². The molecule has 2 aromatic rings. The van der Waals surface area contributed by atoms with Crippen molar-refractivity contribution in [1.29, 1.82) is 0 Å². The summed E-state index contributed by atoms with van der Waals surface area (Å²) in [7, 11) is 1.67. The molecule has 0 radical (unpaired) electrons. The van der Waals surface area contributed by atoms with Gasteiger partial charge < -0.3 is 15.2 Å². The van der Waals surface area contributed by atoms with Crippen molar-refractivity contribution in [1.82, 2.24) is 0 Å². The summed E-state index contributed by atoms with van der Waals surface area (Å²) in [4.78, 5) is 0. The highest BCUT2D eigenvalue weighted by atomic mass is 16.5. The Hall–Kier alpha value is -2.00. The van der Waals surface area contributed by atoms with Gasteiger partial charge in [-0.15, -0.1) is 0 Å². The number of rotatable bonds is 6. The van der Waals surface area contributed by atoms with E-state index in [-0.39, 0.29) is 6.04 Å². The van der Waals surface area contributed by atoms with Crippen molar-refractivity contribution in [2.75, 3.05) is 7.11 Å². The smallest absolute Gasteiger partial charge is 0.123 e. The molecular weight excluding hydrogens is 262 g/mol. The van der Waals surface area contributed by atoms with Gasteiger partial charge in [0.2, 0.25) is 0 Å². The third kappa shape index (κ3) is 4.23. The van der Waals surface area contributed by atoms with Gasteiger partial charge in [-0.3, -0.25) is 0 Å². The first-order valence-electron chi connectivity index (χ1n) is 7.20. The Balaban J connectivity index is 2.17. The zero-order valence-corrected chi connectivity index (χ0v) is 12.9. The molecule has 1 unspecified atom stereocenters. The van der Waals surface area contributed by atoms with Gasteiger partial charge in [0.1, 0.15) is 18.1 Å². The molecule has 21 heavy (non-hydrogen) atoms. The van der Waals surface area contributed by atoms with Gasteiger partial charge in [-0.1, -0.05) is 24.3 Å². The lowest BCUT2D eigenvalue weighted by atomic mass is 10.1. The molecule has 3 heteroatoms. The maximum absolute atomic E-state index is 5.99. The van der Waals surface area contributed by atoms with Crippen molar-refractivity contribution < 1.29 is 9.47 Å². The van der Waals surface area contributed by atoms with Crippen LogP contribution in [0.25, 0.3) is 0 Å². The van der Waals surface area contributed by atoms with E-state index in [4.69, 9.17) is 15.2 Å². The molecule has 2 aromatic carbocycles. The lowest BCUT2D eigenvalue weighted by Crippen LogP contribution is -2.18. The second kappa shape index (κ2) is 7.14. The summed E-state index contributed by atoms with van der Waals surface area (Å²) in [6.45, 7) is 4.64. The summed E-state index contributed by atoms with van der Waals surface area (Å²) >= 11 is 0. The summed E-state index contributed by atoms with van der Waals surface area (Å²) in [5.41, 5.74) is 9.43. The lowest BCUT2D eigenvalue weighted by Gasteiger charge is -2.15. The minimum absolute atomic E-state index is 0.0814. The van der Waals surface area contributed by atoms with Crippen LogP contribution < -0.4 is 15.2 Å². The van der Waals surface area contributed by atoms with Gasteiger partial charge >= 0.3 is 0 Å². The average Bonchev–Trinajstić information content (AvgIpc) is 2.46. The highest BCUT2D eigenvalue weighted by Gasteiger charge is 2.09. The number of hydrogen-bond donors (Lipinski definition) is 1. The van der Waals surface area contributed by atoms with Crippen molar-refractivity contribution in [2.24, 2.45) is 5.73 Å². The molecule has 0 saturated carbocycles. The number of benzene rings is 2. The summed E-state index contributed by atoms with van der Waals surface area (Å²) < 4.78 is 11.3. The van der Waals surface area contributed by atoms with Gasteiger partial charge in [-0.2, -0.15) is 0 Å². The Labute approximate surface area is 126 Å². The van der Waals surface area contributed by atoms with E-state index in [9.17, 15) is 0 Å². The molecular formula is C18H23NO2. The van der Waals surface area contributed by atoms with Crippen LogP contribution in [0.2, 0.25) is 0 Å². The van der Waals surface area contributed by atoms with Crippen LogP contribution in [0.3, 0.4) is 0 Å². The van der Waals surface area contributed by atoms with E-state index in [2.05, 4.69) is 19.1 Å². The lowest BCUT2D eigenvalue weighted by molar-refractivity contribution is 0.300. The number of aryl methyl sites for hydroxylation is 1. The molecule has 0 aliphatic heterocycles. The van der Waals surface area contributed by atoms with E-state index in [1.165, 1.54) is 11.1 Å². The Bertz CT molecular complexity index is 594. The van der Waals surface area contributed by atoms with Crippen molar-refractivity contribution in [2.45, 2.75) is 32.9 Å². The molecule has 0 amide bonds. The van der Waals surface area contributed by atoms with Crippen LogP contribution in [0.5, 0.6) is 11.5 Å². The Morgan fingerprint density at radius 3 is 2.52 bits per heavy atom. The van der Waals surface area contributed by atoms with Crippen LogP contribution in [0, 0.1) is 6.92 Å². The highest BCUT2D eigenvalue weighted by molar-refractivity contribution is 5.41. The summed E-state index contributed by atoms with van der Waals surface area (Å²) in [6, 6.07) is 14.2. The van der Waals surface area contributed by atoms with Crippen LogP contribution in [0.4, 0.5) is 0 Å². The third-order valence-corrected chi connectivity index (χ3v) is 3.45. The summed E-state index contributed by atoms with van der Waals surface area (Å²) in [6.07, 6.45) is 0.764. The molecule has 0 saturated heterocycles. The van der Waals surface area contributed by atoms with E-state index in [1.807, 2.05) is 37.3 Å². The highest BCUT2D eigenvalue weighted by Crippen LogP contribution is 2.26. The molecule has 2 N–H and O–H groups in total. The predicted octanol–water partition coefficient (Wildman–Crippen LogP) is 3.47. The van der Waals surface area contributed by atoms with E-state index >= 15 is 0 Å². The molecule has 112 valence electrons. The molecule has 0 fully saturated rings. The van der Waals surface area contributed by atoms with Crippen LogP contribution >= 0.6 is 0 Å². The Kier molecular flexibility index (Phi) is 5.23. The Morgan fingerprint density at radius 2 is 1.86 bits per heavy atom. The number of nitrogens with two attached hydrogens (primary N) is 1. The summed E-state index contributed by atoms with van der Waals surface area (Å²) in [5, 5.41) is 0. The minimum Gasteiger partial charge on any atom is -0.497 e. The zero-order valence-electron chi connectivity index (χ0n) is 12.9. The monoisotopic (exact) mass is 285 g/mol. The molecule has 2 rings (SSSR count). The molecule has 0 spiro atoms. The van der Waals surface area contributed by atoms with Crippen LogP contribution in [-0.2, 0) is 13.0 Å². The fourth-order valence-electron chi connectivity index (χ4n) is 2.26. The average molecular weight is 285 g/mol. The van der Waals surface area contributed by atoms with Crippen molar-refractivity contribution in [3.05, 3.63) is 59.2 Å². The van der Waals surface area contributed by atoms with Crippen LogP contribution in [0.1, 0.15) is 23.6 Å². The Morgan fingerprint density at radius 1 is 1.10 bits per heavy atom. The largest absolute Gasteiger partial charge is 0.497 e. The first-order chi connectivity index (χ1) is 10.1. The van der Waals surface area contributed by atoms with E-state index in [0.717, 1.165) is 23.5 Å². The molecule has 3 nitrogen and oxygen atoms in total. The number of ether oxygens (including phenoxy) is 2. The van der Waals surface area contributed by atoms with Gasteiger partial charge in [-0.05, 0) is 55.2 Å². The van der Waals surface area contributed by atoms with Gasteiger partial charge in [0.25, 0.3) is 0 Å². The fourth-order valence-corrected chi connectivity index (χ4v) is 2.26. The molecule has 1 atom stereocenters. The second-order valence-corrected chi connectivity index (χ2v) is 5.37. The zero-order chi connectivity index (χ0) is 15.2. The fraction of sp³-hybridized carbons (Fsp3) is 0.333. The van der Waals surface area contributed by atoms with Gasteiger partial charge in [0.05, 0.1) is 7.11 Å². The first kappa shape index (κ1) is 15.4. The van der Waals surface area contributed by atoms with Crippen LogP contribution in [-0.4, -0.2) is 13.2 Å². The van der Waals surface area contributed by atoms with Crippen molar-refractivity contribution in [3.8, 4) is 11.5 Å². The molecule has 0 aromatic heterocycles. The molecule has 0 aliphatic rings. The normalized spacial score (nSPS) is 12.0. The first-order valence-corrected chi connectivity index (χ1v) is 7.20. The molecule has 0 bridgehead atoms. The standard InChI is InChI=1S/C18H23NO2/c1-13-6-4-5-7-15(13)12-21-18-9-8-17(20-3)11-16(18)10-14(2)19/h4-9,11,14H,10,12,19H2,1-3H3. The third-order valence-electron chi connectivity index (χ3n) is 3.45. The number of methoxy groups -OCH3 is 1. The van der Waals surface area contributed by atoms with Crippen molar-refractivity contribution >= 4 is 0 Å². The maximum atomic E-state index is 5.99. The van der Waals surface area contributed by atoms with E-state index < -0.39 is 0 Å². The number of hydrogen-bond acceptors (Lipinski definition) is 3. The summed E-state index contributed by atoms with van der Waals surface area (Å²) in [5.74, 6) is 1.70. The van der Waals surface area contributed by atoms with Gasteiger partial charge in [0, 0.05) is 6.04 Å². The van der Waals surface area contributed by atoms with Gasteiger partial charge in [-0.25, -0.2) is 0 Å². The quantitative estimate of drug-likeness (QED) is 0.884. The second-order valence-electron chi connectivity index (χ2n) is 5.37.